The van der Waals surface area contributed by atoms with Crippen LogP contribution in [0.4, 0.5) is 13.9 Å². The van der Waals surface area contributed by atoms with Crippen LogP contribution >= 0.6 is 11.3 Å². The number of aromatic nitrogens is 1. The van der Waals surface area contributed by atoms with E-state index in [-0.39, 0.29) is 18.0 Å². The molecule has 0 aliphatic carbocycles. The van der Waals surface area contributed by atoms with Gasteiger partial charge in [0.2, 0.25) is 5.91 Å². The summed E-state index contributed by atoms with van der Waals surface area (Å²) < 4.78 is 32.9. The van der Waals surface area contributed by atoms with Gasteiger partial charge in [-0.1, -0.05) is 24.7 Å². The molecular weight excluding hydrogens is 334 g/mol. The summed E-state index contributed by atoms with van der Waals surface area (Å²) >= 11 is 1.09. The van der Waals surface area contributed by atoms with Crippen LogP contribution in [0.5, 0.6) is 0 Å². The van der Waals surface area contributed by atoms with E-state index in [1.165, 1.54) is 17.2 Å². The first kappa shape index (κ1) is 16.6. The second kappa shape index (κ2) is 7.09. The molecule has 3 aromatic rings. The van der Waals surface area contributed by atoms with E-state index in [0.717, 1.165) is 30.2 Å². The Kier molecular flexibility index (Phi) is 4.89. The maximum atomic E-state index is 13.9. The van der Waals surface area contributed by atoms with Gasteiger partial charge in [0.15, 0.2) is 10.9 Å². The van der Waals surface area contributed by atoms with Crippen molar-refractivity contribution in [2.45, 2.75) is 32.7 Å². The number of halogens is 2. The summed E-state index contributed by atoms with van der Waals surface area (Å²) in [5, 5.41) is 0.340. The van der Waals surface area contributed by atoms with Crippen LogP contribution in [-0.2, 0) is 11.3 Å². The molecule has 1 amide bonds. The van der Waals surface area contributed by atoms with E-state index in [4.69, 9.17) is 4.42 Å². The molecule has 24 heavy (non-hydrogen) atoms. The number of benzene rings is 1. The number of anilines is 1. The molecule has 1 aromatic carbocycles. The molecule has 0 saturated heterocycles. The van der Waals surface area contributed by atoms with E-state index in [9.17, 15) is 13.6 Å². The Balaban J connectivity index is 1.97. The SMILES string of the molecule is CCCCC(=O)N(Cc1ccco1)c1nc2c(F)cc(F)cc2s1. The molecule has 2 heterocycles. The molecule has 0 N–H and O–H groups in total. The highest BCUT2D eigenvalue weighted by Gasteiger charge is 2.22. The number of rotatable bonds is 6. The maximum Gasteiger partial charge on any atom is 0.229 e. The van der Waals surface area contributed by atoms with Crippen molar-refractivity contribution in [3.63, 3.8) is 0 Å². The van der Waals surface area contributed by atoms with E-state index in [2.05, 4.69) is 4.98 Å². The number of carbonyl (C=O) groups excluding carboxylic acids is 1. The highest BCUT2D eigenvalue weighted by molar-refractivity contribution is 7.22. The van der Waals surface area contributed by atoms with Crippen molar-refractivity contribution in [3.8, 4) is 0 Å². The number of fused-ring (bicyclic) bond motifs is 1. The predicted molar refractivity (Wildman–Crippen MR) is 89.0 cm³/mol. The minimum atomic E-state index is -0.730. The molecule has 0 spiro atoms. The molecule has 3 rings (SSSR count). The lowest BCUT2D eigenvalue weighted by Crippen LogP contribution is -2.29. The molecule has 0 unspecified atom stereocenters. The smallest absolute Gasteiger partial charge is 0.229 e. The maximum absolute atomic E-state index is 13.9. The standard InChI is InChI=1S/C17H16F2N2O2S/c1-2-3-6-15(22)21(10-12-5-4-7-23-12)17-20-16-13(19)8-11(18)9-14(16)24-17/h4-5,7-9H,2-3,6,10H2,1H3. The number of amides is 1. The third-order valence-corrected chi connectivity index (χ3v) is 4.60. The van der Waals surface area contributed by atoms with Crippen LogP contribution in [0.15, 0.2) is 34.9 Å². The van der Waals surface area contributed by atoms with Gasteiger partial charge < -0.3 is 4.42 Å². The number of nitrogens with zero attached hydrogens (tertiary/aromatic N) is 2. The fourth-order valence-corrected chi connectivity index (χ4v) is 3.37. The predicted octanol–water partition coefficient (Wildman–Crippen LogP) is 4.89. The van der Waals surface area contributed by atoms with Gasteiger partial charge in [0.1, 0.15) is 17.1 Å². The lowest BCUT2D eigenvalue weighted by molar-refractivity contribution is -0.118. The van der Waals surface area contributed by atoms with Crippen LogP contribution in [0.25, 0.3) is 10.2 Å². The molecule has 126 valence electrons. The summed E-state index contributed by atoms with van der Waals surface area (Å²) in [7, 11) is 0. The molecule has 7 heteroatoms. The number of hydrogen-bond acceptors (Lipinski definition) is 4. The Labute approximate surface area is 141 Å². The highest BCUT2D eigenvalue weighted by Crippen LogP contribution is 2.32. The Morgan fingerprint density at radius 1 is 1.38 bits per heavy atom. The number of thiazole rings is 1. The Bertz CT molecular complexity index is 846. The number of carbonyl (C=O) groups is 1. The summed E-state index contributed by atoms with van der Waals surface area (Å²) in [5.41, 5.74) is 0.0733. The summed E-state index contributed by atoms with van der Waals surface area (Å²) in [6.45, 7) is 2.21. The third kappa shape index (κ3) is 3.46. The van der Waals surface area contributed by atoms with Gasteiger partial charge in [-0.25, -0.2) is 13.8 Å². The van der Waals surface area contributed by atoms with Gasteiger partial charge in [0.05, 0.1) is 17.5 Å². The first-order valence-electron chi connectivity index (χ1n) is 7.67. The van der Waals surface area contributed by atoms with Crippen LogP contribution < -0.4 is 4.90 Å². The Morgan fingerprint density at radius 3 is 2.92 bits per heavy atom. The monoisotopic (exact) mass is 350 g/mol. The molecular formula is C17H16F2N2O2S. The topological polar surface area (TPSA) is 46.3 Å². The van der Waals surface area contributed by atoms with Crippen LogP contribution in [-0.4, -0.2) is 10.9 Å². The van der Waals surface area contributed by atoms with E-state index in [0.29, 0.717) is 22.0 Å². The number of unbranched alkanes of at least 4 members (excludes halogenated alkanes) is 1. The van der Waals surface area contributed by atoms with E-state index in [1.54, 1.807) is 12.1 Å². The molecule has 0 aliphatic heterocycles. The second-order valence-electron chi connectivity index (χ2n) is 5.39. The van der Waals surface area contributed by atoms with Crippen molar-refractivity contribution < 1.29 is 18.0 Å². The molecule has 4 nitrogen and oxygen atoms in total. The van der Waals surface area contributed by atoms with Gasteiger partial charge in [0, 0.05) is 12.5 Å². The zero-order valence-corrected chi connectivity index (χ0v) is 13.9. The minimum Gasteiger partial charge on any atom is -0.467 e. The quantitative estimate of drug-likeness (QED) is 0.636. The van der Waals surface area contributed by atoms with Gasteiger partial charge in [-0.05, 0) is 24.6 Å². The third-order valence-electron chi connectivity index (χ3n) is 3.57. The number of hydrogen-bond donors (Lipinski definition) is 0. The summed E-state index contributed by atoms with van der Waals surface area (Å²) in [6.07, 6.45) is 3.53. The van der Waals surface area contributed by atoms with Crippen molar-refractivity contribution >= 4 is 32.6 Å². The van der Waals surface area contributed by atoms with E-state index < -0.39 is 11.6 Å². The molecule has 0 atom stereocenters. The highest BCUT2D eigenvalue weighted by atomic mass is 32.1. The van der Waals surface area contributed by atoms with Crippen molar-refractivity contribution in [1.29, 1.82) is 0 Å². The van der Waals surface area contributed by atoms with Crippen LogP contribution in [0.1, 0.15) is 31.9 Å². The largest absolute Gasteiger partial charge is 0.467 e. The molecule has 0 bridgehead atoms. The van der Waals surface area contributed by atoms with Gasteiger partial charge >= 0.3 is 0 Å². The first-order valence-corrected chi connectivity index (χ1v) is 8.48. The van der Waals surface area contributed by atoms with Gasteiger partial charge in [-0.15, -0.1) is 0 Å². The fourth-order valence-electron chi connectivity index (χ4n) is 2.34. The molecule has 0 aliphatic rings. The lowest BCUT2D eigenvalue weighted by Gasteiger charge is -2.18. The van der Waals surface area contributed by atoms with Gasteiger partial charge in [-0.3, -0.25) is 9.69 Å². The van der Waals surface area contributed by atoms with Gasteiger partial charge in [0.25, 0.3) is 0 Å². The minimum absolute atomic E-state index is 0.0733. The normalized spacial score (nSPS) is 11.1. The molecule has 0 fully saturated rings. The lowest BCUT2D eigenvalue weighted by atomic mass is 10.2. The van der Waals surface area contributed by atoms with Crippen LogP contribution in [0.3, 0.4) is 0 Å². The zero-order valence-electron chi connectivity index (χ0n) is 13.1. The van der Waals surface area contributed by atoms with Crippen LogP contribution in [0, 0.1) is 11.6 Å². The summed E-state index contributed by atoms with van der Waals surface area (Å²) in [6, 6.07) is 5.51. The molecule has 0 saturated carbocycles. The summed E-state index contributed by atoms with van der Waals surface area (Å²) in [5.74, 6) is -0.907. The summed E-state index contributed by atoms with van der Waals surface area (Å²) in [4.78, 5) is 18.2. The Morgan fingerprint density at radius 2 is 2.21 bits per heavy atom. The van der Waals surface area contributed by atoms with Crippen molar-refractivity contribution in [2.75, 3.05) is 4.90 Å². The second-order valence-corrected chi connectivity index (χ2v) is 6.40. The van der Waals surface area contributed by atoms with Gasteiger partial charge in [-0.2, -0.15) is 0 Å². The molecule has 2 aromatic heterocycles. The fraction of sp³-hybridized carbons (Fsp3) is 0.294. The average Bonchev–Trinajstić information content (AvgIpc) is 3.19. The van der Waals surface area contributed by atoms with Crippen molar-refractivity contribution in [2.24, 2.45) is 0 Å². The van der Waals surface area contributed by atoms with E-state index >= 15 is 0 Å². The Hall–Kier alpha value is -2.28. The van der Waals surface area contributed by atoms with E-state index in [1.807, 2.05) is 6.92 Å². The molecule has 0 radical (unpaired) electrons. The van der Waals surface area contributed by atoms with Crippen molar-refractivity contribution in [1.82, 2.24) is 4.98 Å². The first-order chi connectivity index (χ1) is 11.6. The number of furan rings is 1. The zero-order chi connectivity index (χ0) is 17.1. The average molecular weight is 350 g/mol. The van der Waals surface area contributed by atoms with Crippen LogP contribution in [0.2, 0.25) is 0 Å². The van der Waals surface area contributed by atoms with Crippen molar-refractivity contribution in [3.05, 3.63) is 47.9 Å².